The maximum Gasteiger partial charge on any atom is 0.141 e. The zero-order valence-electron chi connectivity index (χ0n) is 20.4. The van der Waals surface area contributed by atoms with Crippen LogP contribution >= 0.6 is 0 Å². The molecule has 10 nitrogen and oxygen atoms in total. The smallest absolute Gasteiger partial charge is 0.141 e. The maximum absolute atomic E-state index is 14.2. The summed E-state index contributed by atoms with van der Waals surface area (Å²) in [5, 5.41) is 12.2. The van der Waals surface area contributed by atoms with Crippen molar-refractivity contribution in [1.82, 2.24) is 19.9 Å². The Morgan fingerprint density at radius 2 is 1.74 bits per heavy atom. The molecule has 38 heavy (non-hydrogen) atoms. The molecule has 0 spiro atoms. The van der Waals surface area contributed by atoms with Crippen molar-refractivity contribution >= 4 is 17.3 Å². The lowest BCUT2D eigenvalue weighted by Gasteiger charge is -2.25. The quantitative estimate of drug-likeness (QED) is 0.277. The minimum atomic E-state index is -0.496. The van der Waals surface area contributed by atoms with E-state index in [1.165, 1.54) is 24.8 Å². The first-order valence-corrected chi connectivity index (χ1v) is 12.0. The van der Waals surface area contributed by atoms with Crippen LogP contribution in [0.25, 0.3) is 0 Å². The van der Waals surface area contributed by atoms with Gasteiger partial charge in [-0.2, -0.15) is 0 Å². The SMILES string of the molecule is N=C(c1ccc(Oc2cc(F)cc(OCc3cncnc3)c2)cc1)c1c(N)ncnc1NC1CCOCC1. The van der Waals surface area contributed by atoms with Gasteiger partial charge in [-0.15, -0.1) is 0 Å². The Balaban J connectivity index is 1.28. The number of nitrogen functional groups attached to an aromatic ring is 1. The summed E-state index contributed by atoms with van der Waals surface area (Å²) in [5.41, 5.74) is 8.12. The first kappa shape index (κ1) is 25.0. The van der Waals surface area contributed by atoms with Crippen LogP contribution in [0.15, 0.2) is 67.5 Å². The highest BCUT2D eigenvalue weighted by molar-refractivity contribution is 6.16. The average Bonchev–Trinajstić information content (AvgIpc) is 2.93. The van der Waals surface area contributed by atoms with Crippen molar-refractivity contribution in [2.45, 2.75) is 25.5 Å². The lowest BCUT2D eigenvalue weighted by atomic mass is 10.0. The topological polar surface area (TPSA) is 141 Å². The standard InChI is InChI=1S/C27H26FN7O3/c28-19-9-22(37-14-17-12-31-15-32-13-17)11-23(10-19)38-21-3-1-18(2-4-21)25(29)24-26(30)33-16-34-27(24)35-20-5-7-36-8-6-20/h1-4,9-13,15-16,20,29H,5-8,14H2,(H3,30,33,34,35). The molecule has 2 aromatic carbocycles. The molecular weight excluding hydrogens is 489 g/mol. The molecule has 0 amide bonds. The van der Waals surface area contributed by atoms with Crippen LogP contribution in [-0.2, 0) is 11.3 Å². The zero-order valence-corrected chi connectivity index (χ0v) is 20.4. The summed E-state index contributed by atoms with van der Waals surface area (Å²) >= 11 is 0. The minimum Gasteiger partial charge on any atom is -0.489 e. The molecule has 4 N–H and O–H groups in total. The fourth-order valence-electron chi connectivity index (χ4n) is 4.01. The van der Waals surface area contributed by atoms with Crippen LogP contribution in [0.5, 0.6) is 17.2 Å². The summed E-state index contributed by atoms with van der Waals surface area (Å²) in [5.74, 6) is 1.29. The van der Waals surface area contributed by atoms with Crippen molar-refractivity contribution in [3.05, 3.63) is 90.0 Å². The van der Waals surface area contributed by atoms with Gasteiger partial charge in [0.25, 0.3) is 0 Å². The molecule has 0 saturated carbocycles. The molecule has 4 aromatic rings. The third-order valence-electron chi connectivity index (χ3n) is 5.93. The summed E-state index contributed by atoms with van der Waals surface area (Å²) in [7, 11) is 0. The van der Waals surface area contributed by atoms with Crippen molar-refractivity contribution < 1.29 is 18.6 Å². The van der Waals surface area contributed by atoms with Crippen molar-refractivity contribution in [1.29, 1.82) is 5.41 Å². The zero-order chi connectivity index (χ0) is 26.3. The lowest BCUT2D eigenvalue weighted by Crippen LogP contribution is -2.29. The Labute approximate surface area is 218 Å². The van der Waals surface area contributed by atoms with Gasteiger partial charge in [0.2, 0.25) is 0 Å². The monoisotopic (exact) mass is 515 g/mol. The Morgan fingerprint density at radius 1 is 1.00 bits per heavy atom. The lowest BCUT2D eigenvalue weighted by molar-refractivity contribution is 0.0904. The molecule has 0 aliphatic carbocycles. The number of ether oxygens (including phenoxy) is 3. The van der Waals surface area contributed by atoms with E-state index in [0.29, 0.717) is 41.7 Å². The van der Waals surface area contributed by atoms with Crippen LogP contribution in [0.3, 0.4) is 0 Å². The number of aromatic nitrogens is 4. The maximum atomic E-state index is 14.2. The van der Waals surface area contributed by atoms with Crippen molar-refractivity contribution in [3.8, 4) is 17.2 Å². The number of nitrogens with two attached hydrogens (primary N) is 1. The van der Waals surface area contributed by atoms with Gasteiger partial charge in [-0.1, -0.05) is 0 Å². The second-order valence-corrected chi connectivity index (χ2v) is 8.67. The number of halogens is 1. The molecule has 5 rings (SSSR count). The molecule has 11 heteroatoms. The predicted octanol–water partition coefficient (Wildman–Crippen LogP) is 4.37. The van der Waals surface area contributed by atoms with Gasteiger partial charge < -0.3 is 25.3 Å². The molecule has 0 radical (unpaired) electrons. The number of nitrogens with one attached hydrogen (secondary N) is 2. The third-order valence-corrected chi connectivity index (χ3v) is 5.93. The van der Waals surface area contributed by atoms with Gasteiger partial charge in [0, 0.05) is 61.0 Å². The van der Waals surface area contributed by atoms with Crippen LogP contribution < -0.4 is 20.5 Å². The van der Waals surface area contributed by atoms with Crippen LogP contribution in [0.4, 0.5) is 16.0 Å². The van der Waals surface area contributed by atoms with Crippen LogP contribution in [0.1, 0.15) is 29.5 Å². The Kier molecular flexibility index (Phi) is 7.65. The van der Waals surface area contributed by atoms with E-state index in [9.17, 15) is 4.39 Å². The molecule has 0 unspecified atom stereocenters. The number of anilines is 2. The first-order valence-electron chi connectivity index (χ1n) is 12.0. The molecule has 1 aliphatic heterocycles. The van der Waals surface area contributed by atoms with Crippen molar-refractivity contribution in [2.24, 2.45) is 0 Å². The largest absolute Gasteiger partial charge is 0.489 e. The Bertz CT molecular complexity index is 1400. The van der Waals surface area contributed by atoms with Gasteiger partial charge >= 0.3 is 0 Å². The Morgan fingerprint density at radius 3 is 2.50 bits per heavy atom. The fraction of sp³-hybridized carbons (Fsp3) is 0.222. The van der Waals surface area contributed by atoms with E-state index in [4.69, 9.17) is 25.4 Å². The van der Waals surface area contributed by atoms with Gasteiger partial charge in [0.1, 0.15) is 54.0 Å². The average molecular weight is 516 g/mol. The molecular formula is C27H26FN7O3. The predicted molar refractivity (Wildman–Crippen MR) is 139 cm³/mol. The molecule has 3 heterocycles. The normalized spacial score (nSPS) is 13.6. The van der Waals surface area contributed by atoms with Gasteiger partial charge in [-0.05, 0) is 37.1 Å². The highest BCUT2D eigenvalue weighted by Crippen LogP contribution is 2.29. The van der Waals surface area contributed by atoms with E-state index in [-0.39, 0.29) is 29.9 Å². The Hall–Kier alpha value is -4.64. The van der Waals surface area contributed by atoms with Gasteiger partial charge in [0.05, 0.1) is 11.3 Å². The van der Waals surface area contributed by atoms with Gasteiger partial charge in [0.15, 0.2) is 0 Å². The third kappa shape index (κ3) is 6.19. The van der Waals surface area contributed by atoms with E-state index in [2.05, 4.69) is 25.3 Å². The van der Waals surface area contributed by atoms with E-state index >= 15 is 0 Å². The van der Waals surface area contributed by atoms with Gasteiger partial charge in [-0.25, -0.2) is 24.3 Å². The number of nitrogens with zero attached hydrogens (tertiary/aromatic N) is 4. The van der Waals surface area contributed by atoms with Crippen LogP contribution in [0, 0.1) is 11.2 Å². The number of hydrogen-bond donors (Lipinski definition) is 3. The van der Waals surface area contributed by atoms with Crippen LogP contribution in [-0.4, -0.2) is 44.9 Å². The van der Waals surface area contributed by atoms with Crippen LogP contribution in [0.2, 0.25) is 0 Å². The summed E-state index contributed by atoms with van der Waals surface area (Å²) < 4.78 is 31.1. The first-order chi connectivity index (χ1) is 18.5. The number of rotatable bonds is 9. The minimum absolute atomic E-state index is 0.176. The van der Waals surface area contributed by atoms with E-state index in [1.54, 1.807) is 42.7 Å². The molecule has 1 fully saturated rings. The van der Waals surface area contributed by atoms with Crippen molar-refractivity contribution in [2.75, 3.05) is 24.3 Å². The molecule has 0 atom stereocenters. The summed E-state index contributed by atoms with van der Waals surface area (Å²) in [6.45, 7) is 1.54. The molecule has 194 valence electrons. The fourth-order valence-corrected chi connectivity index (χ4v) is 4.01. The molecule has 2 aromatic heterocycles. The summed E-state index contributed by atoms with van der Waals surface area (Å²) in [6.07, 6.45) is 7.75. The number of benzene rings is 2. The molecule has 1 aliphatic rings. The highest BCUT2D eigenvalue weighted by Gasteiger charge is 2.20. The number of hydrogen-bond acceptors (Lipinski definition) is 10. The summed E-state index contributed by atoms with van der Waals surface area (Å²) in [6, 6.07) is 11.2. The molecule has 0 bridgehead atoms. The van der Waals surface area contributed by atoms with Crippen molar-refractivity contribution in [3.63, 3.8) is 0 Å². The second-order valence-electron chi connectivity index (χ2n) is 8.67. The van der Waals surface area contributed by atoms with E-state index < -0.39 is 5.82 Å². The van der Waals surface area contributed by atoms with E-state index in [0.717, 1.165) is 18.4 Å². The second kappa shape index (κ2) is 11.6. The van der Waals surface area contributed by atoms with Gasteiger partial charge in [-0.3, -0.25) is 5.41 Å². The van der Waals surface area contributed by atoms with E-state index in [1.807, 2.05) is 0 Å². The molecule has 1 saturated heterocycles. The highest BCUT2D eigenvalue weighted by atomic mass is 19.1. The summed E-state index contributed by atoms with van der Waals surface area (Å²) in [4.78, 5) is 16.3.